The van der Waals surface area contributed by atoms with E-state index in [2.05, 4.69) is 86.8 Å². The Morgan fingerprint density at radius 3 is 0.988 bits per heavy atom. The molecule has 0 aliphatic carbocycles. The van der Waals surface area contributed by atoms with Crippen molar-refractivity contribution in [3.63, 3.8) is 0 Å². The van der Waals surface area contributed by atoms with Crippen LogP contribution in [-0.2, 0) is 32.7 Å². The van der Waals surface area contributed by atoms with Gasteiger partial charge in [-0.3, -0.25) is 18.6 Å². The van der Waals surface area contributed by atoms with Gasteiger partial charge in [0, 0.05) is 19.4 Å². The molecule has 2 unspecified atom stereocenters. The minimum atomic E-state index is -4.40. The Labute approximate surface area is 513 Å². The lowest BCUT2D eigenvalue weighted by atomic mass is 10.0. The summed E-state index contributed by atoms with van der Waals surface area (Å²) in [6, 6.07) is 0. The summed E-state index contributed by atoms with van der Waals surface area (Å²) in [5.41, 5.74) is 5.40. The van der Waals surface area contributed by atoms with Crippen molar-refractivity contribution >= 4 is 19.8 Å². The molecule has 0 fully saturated rings. The molecule has 0 aliphatic rings. The van der Waals surface area contributed by atoms with Gasteiger partial charge in [-0.25, -0.2) is 4.57 Å². The Morgan fingerprint density at radius 1 is 0.373 bits per heavy atom. The molecule has 3 N–H and O–H groups in total. The van der Waals surface area contributed by atoms with Crippen molar-refractivity contribution in [2.75, 3.05) is 26.4 Å². The van der Waals surface area contributed by atoms with Crippen molar-refractivity contribution in [2.24, 2.45) is 5.73 Å². The molecule has 0 aliphatic heterocycles. The Bertz CT molecular complexity index is 1590. The lowest BCUT2D eigenvalue weighted by Crippen LogP contribution is -2.29. The SMILES string of the molecule is CC/C=C\C/C=C\C/C=C\C/C=C\C/C=C\C/C=C\CCCCCCCCCCC(=O)OC(COC(=O)CCCCCCCCCCCCCCCCCCCCCCCCCCCCCCCCCCCCC)COP(=O)(O)OCCN. The van der Waals surface area contributed by atoms with Gasteiger partial charge in [-0.05, 0) is 64.2 Å². The number of rotatable bonds is 67. The Morgan fingerprint density at radius 2 is 0.663 bits per heavy atom. The molecule has 0 saturated heterocycles. The van der Waals surface area contributed by atoms with Crippen molar-refractivity contribution in [3.05, 3.63) is 72.9 Å². The normalized spacial score (nSPS) is 13.3. The molecule has 0 rings (SSSR count). The van der Waals surface area contributed by atoms with Gasteiger partial charge in [0.2, 0.25) is 0 Å². The minimum absolute atomic E-state index is 0.0504. The first-order valence-corrected chi connectivity index (χ1v) is 36.9. The minimum Gasteiger partial charge on any atom is -0.462 e. The average molecular weight is 1180 g/mol. The predicted molar refractivity (Wildman–Crippen MR) is 358 cm³/mol. The highest BCUT2D eigenvalue weighted by atomic mass is 31.2. The molecule has 0 aromatic rings. The van der Waals surface area contributed by atoms with E-state index in [0.29, 0.717) is 6.42 Å². The third kappa shape index (κ3) is 68.4. The second-order valence-electron chi connectivity index (χ2n) is 23.7. The molecule has 0 radical (unpaired) electrons. The summed E-state index contributed by atoms with van der Waals surface area (Å²) < 4.78 is 33.2. The zero-order valence-corrected chi connectivity index (χ0v) is 55.3. The Hall–Kier alpha value is -2.55. The summed E-state index contributed by atoms with van der Waals surface area (Å²) in [5, 5.41) is 0. The molecule has 0 bridgehead atoms. The van der Waals surface area contributed by atoms with Gasteiger partial charge in [0.1, 0.15) is 6.61 Å². The maximum absolute atomic E-state index is 12.8. The van der Waals surface area contributed by atoms with Crippen LogP contribution in [0.25, 0.3) is 0 Å². The summed E-state index contributed by atoms with van der Waals surface area (Å²) in [5.74, 6) is -0.825. The highest BCUT2D eigenvalue weighted by molar-refractivity contribution is 7.47. The van der Waals surface area contributed by atoms with Crippen molar-refractivity contribution in [1.29, 1.82) is 0 Å². The van der Waals surface area contributed by atoms with E-state index in [1.165, 1.54) is 231 Å². The van der Waals surface area contributed by atoms with Gasteiger partial charge in [0.25, 0.3) is 0 Å². The summed E-state index contributed by atoms with van der Waals surface area (Å²) in [6.07, 6.45) is 90.1. The van der Waals surface area contributed by atoms with Gasteiger partial charge in [0.15, 0.2) is 6.10 Å². The lowest BCUT2D eigenvalue weighted by molar-refractivity contribution is -0.161. The number of allylic oxidation sites excluding steroid dienone is 12. The number of ether oxygens (including phenoxy) is 2. The van der Waals surface area contributed by atoms with Crippen LogP contribution in [0.2, 0.25) is 0 Å². The first kappa shape index (κ1) is 80.5. The Kier molecular flexibility index (Phi) is 66.5. The van der Waals surface area contributed by atoms with E-state index >= 15 is 0 Å². The topological polar surface area (TPSA) is 134 Å². The zero-order chi connectivity index (χ0) is 60.1. The molecule has 9 nitrogen and oxygen atoms in total. The molecule has 0 heterocycles. The molecule has 2 atom stereocenters. The van der Waals surface area contributed by atoms with Crippen LogP contribution in [0.15, 0.2) is 72.9 Å². The van der Waals surface area contributed by atoms with E-state index in [1.54, 1.807) is 0 Å². The number of nitrogens with two attached hydrogens (primary N) is 1. The lowest BCUT2D eigenvalue weighted by Gasteiger charge is -2.19. The Balaban J connectivity index is 3.84. The maximum Gasteiger partial charge on any atom is 0.472 e. The van der Waals surface area contributed by atoms with E-state index in [1.807, 2.05) is 0 Å². The number of carbonyl (C=O) groups excluding carboxylic acids is 2. The molecule has 83 heavy (non-hydrogen) atoms. The van der Waals surface area contributed by atoms with Crippen LogP contribution in [-0.4, -0.2) is 49.3 Å². The molecule has 0 aromatic heterocycles. The predicted octanol–water partition coefficient (Wildman–Crippen LogP) is 23.2. The fourth-order valence-electron chi connectivity index (χ4n) is 10.4. The van der Waals surface area contributed by atoms with Crippen LogP contribution >= 0.6 is 7.82 Å². The molecule has 10 heteroatoms. The van der Waals surface area contributed by atoms with E-state index in [-0.39, 0.29) is 38.6 Å². The monoisotopic (exact) mass is 1180 g/mol. The van der Waals surface area contributed by atoms with Crippen LogP contribution < -0.4 is 5.73 Å². The van der Waals surface area contributed by atoms with Crippen LogP contribution in [0.1, 0.15) is 348 Å². The van der Waals surface area contributed by atoms with Gasteiger partial charge < -0.3 is 20.1 Å². The molecule has 0 saturated carbocycles. The summed E-state index contributed by atoms with van der Waals surface area (Å²) >= 11 is 0. The van der Waals surface area contributed by atoms with E-state index in [9.17, 15) is 19.0 Å². The number of hydrogen-bond acceptors (Lipinski definition) is 8. The standard InChI is InChI=1S/C73H134NO8P/c1-3-5-7-9-11-13-15-17-19-21-23-25-27-29-31-32-33-34-35-36-37-38-40-41-43-45-47-49-51-53-55-57-59-61-63-65-72(75)79-69-71(70-81-83(77,78)80-68-67-74)82-73(76)66-64-62-60-58-56-54-52-50-48-46-44-42-39-30-28-26-24-22-20-18-16-14-12-10-8-6-4-2/h6,8,12,14,18,20,24,26,30,39,44,46,71H,3-5,7,9-11,13,15-17,19,21-23,25,27-29,31-38,40-43,45,47-70,74H2,1-2H3,(H,77,78)/b8-6-,14-12-,20-18-,26-24-,39-30-,46-44-. The molecular weight excluding hydrogens is 1050 g/mol. The number of phosphoric acid groups is 1. The molecule has 0 aromatic carbocycles. The average Bonchev–Trinajstić information content (AvgIpc) is 3.48. The molecule has 0 spiro atoms. The quantitative estimate of drug-likeness (QED) is 0.0264. The fraction of sp³-hybridized carbons (Fsp3) is 0.808. The van der Waals surface area contributed by atoms with E-state index in [4.69, 9.17) is 24.3 Å². The van der Waals surface area contributed by atoms with Crippen molar-refractivity contribution in [1.82, 2.24) is 0 Å². The summed E-state index contributed by atoms with van der Waals surface area (Å²) in [6.45, 7) is 3.67. The number of phosphoric ester groups is 1. The first-order chi connectivity index (χ1) is 40.8. The second kappa shape index (κ2) is 68.6. The number of esters is 2. The van der Waals surface area contributed by atoms with Gasteiger partial charge in [-0.15, -0.1) is 0 Å². The van der Waals surface area contributed by atoms with Crippen LogP contribution in [0.5, 0.6) is 0 Å². The fourth-order valence-corrected chi connectivity index (χ4v) is 11.2. The molecular formula is C73H134NO8P. The zero-order valence-electron chi connectivity index (χ0n) is 54.4. The van der Waals surface area contributed by atoms with Crippen molar-refractivity contribution in [2.45, 2.75) is 354 Å². The van der Waals surface area contributed by atoms with Gasteiger partial charge in [-0.2, -0.15) is 0 Å². The van der Waals surface area contributed by atoms with Crippen LogP contribution in [0.3, 0.4) is 0 Å². The van der Waals surface area contributed by atoms with Crippen LogP contribution in [0.4, 0.5) is 0 Å². The smallest absolute Gasteiger partial charge is 0.462 e. The third-order valence-electron chi connectivity index (χ3n) is 15.6. The first-order valence-electron chi connectivity index (χ1n) is 35.4. The third-order valence-corrected chi connectivity index (χ3v) is 16.6. The van der Waals surface area contributed by atoms with Gasteiger partial charge in [-0.1, -0.05) is 344 Å². The van der Waals surface area contributed by atoms with E-state index in [0.717, 1.165) is 83.5 Å². The maximum atomic E-state index is 12.8. The number of carbonyl (C=O) groups is 2. The highest BCUT2D eigenvalue weighted by Crippen LogP contribution is 2.43. The van der Waals surface area contributed by atoms with Gasteiger partial charge >= 0.3 is 19.8 Å². The number of hydrogen-bond donors (Lipinski definition) is 2. The second-order valence-corrected chi connectivity index (χ2v) is 25.2. The largest absolute Gasteiger partial charge is 0.472 e. The van der Waals surface area contributed by atoms with Crippen LogP contribution in [0, 0.1) is 0 Å². The van der Waals surface area contributed by atoms with Gasteiger partial charge in [0.05, 0.1) is 13.2 Å². The molecule has 0 amide bonds. The number of unbranched alkanes of at least 4 members (excludes halogenated alkanes) is 42. The van der Waals surface area contributed by atoms with Crippen molar-refractivity contribution in [3.8, 4) is 0 Å². The highest BCUT2D eigenvalue weighted by Gasteiger charge is 2.26. The van der Waals surface area contributed by atoms with Crippen molar-refractivity contribution < 1.29 is 37.6 Å². The van der Waals surface area contributed by atoms with E-state index < -0.39 is 26.5 Å². The summed E-state index contributed by atoms with van der Waals surface area (Å²) in [4.78, 5) is 35.3. The summed E-state index contributed by atoms with van der Waals surface area (Å²) in [7, 11) is -4.40. The molecule has 484 valence electrons.